The van der Waals surface area contributed by atoms with E-state index in [2.05, 4.69) is 0 Å². The van der Waals surface area contributed by atoms with Crippen molar-refractivity contribution in [1.29, 1.82) is 0 Å². The molecule has 1 aliphatic carbocycles. The van der Waals surface area contributed by atoms with Crippen LogP contribution in [0.1, 0.15) is 31.2 Å². The van der Waals surface area contributed by atoms with Crippen molar-refractivity contribution in [2.75, 3.05) is 7.11 Å². The number of halogens is 2. The molecule has 1 fully saturated rings. The van der Waals surface area contributed by atoms with Crippen molar-refractivity contribution in [1.82, 2.24) is 0 Å². The quantitative estimate of drug-likeness (QED) is 0.920. The molecule has 1 saturated carbocycles. The third-order valence-electron chi connectivity index (χ3n) is 3.50. The molecule has 0 saturated heterocycles. The van der Waals surface area contributed by atoms with Gasteiger partial charge in [-0.2, -0.15) is 0 Å². The summed E-state index contributed by atoms with van der Waals surface area (Å²) in [6, 6.07) is 3.49. The van der Waals surface area contributed by atoms with E-state index in [1.54, 1.807) is 19.2 Å². The molecular weight excluding hydrogens is 285 g/mol. The van der Waals surface area contributed by atoms with Crippen molar-refractivity contribution in [3.05, 3.63) is 27.7 Å². The number of nitrogens with two attached hydrogens (primary N) is 1. The number of benzene rings is 1. The van der Waals surface area contributed by atoms with Gasteiger partial charge in [-0.05, 0) is 31.4 Å². The van der Waals surface area contributed by atoms with Gasteiger partial charge >= 0.3 is 0 Å². The Morgan fingerprint density at radius 2 is 2.00 bits per heavy atom. The molecule has 0 spiro atoms. The third kappa shape index (κ3) is 3.76. The molecule has 3 nitrogen and oxygen atoms in total. The molecule has 0 aliphatic heterocycles. The van der Waals surface area contributed by atoms with E-state index in [0.29, 0.717) is 22.3 Å². The lowest BCUT2D eigenvalue weighted by Gasteiger charge is -2.29. The number of hydrogen-bond acceptors (Lipinski definition) is 3. The van der Waals surface area contributed by atoms with Crippen LogP contribution in [-0.2, 0) is 11.3 Å². The standard InChI is InChI=1S/C14H19Cl2NO2/c1-18-11-3-2-4-12(7-11)19-14-9(8-17)5-10(15)6-13(14)16/h5-6,11-12H,2-4,7-8,17H2,1H3. The van der Waals surface area contributed by atoms with E-state index in [-0.39, 0.29) is 12.2 Å². The van der Waals surface area contributed by atoms with Crippen LogP contribution in [0, 0.1) is 0 Å². The topological polar surface area (TPSA) is 44.5 Å². The zero-order valence-electron chi connectivity index (χ0n) is 11.0. The lowest BCUT2D eigenvalue weighted by atomic mass is 9.95. The Kier molecular flexibility index (Phi) is 5.34. The number of rotatable bonds is 4. The summed E-state index contributed by atoms with van der Waals surface area (Å²) in [5.41, 5.74) is 6.57. The van der Waals surface area contributed by atoms with Crippen molar-refractivity contribution >= 4 is 23.2 Å². The van der Waals surface area contributed by atoms with Crippen molar-refractivity contribution in [2.24, 2.45) is 5.73 Å². The summed E-state index contributed by atoms with van der Waals surface area (Å²) in [4.78, 5) is 0. The Labute approximate surface area is 124 Å². The fraction of sp³-hybridized carbons (Fsp3) is 0.571. The minimum Gasteiger partial charge on any atom is -0.488 e. The highest BCUT2D eigenvalue weighted by Gasteiger charge is 2.24. The smallest absolute Gasteiger partial charge is 0.142 e. The van der Waals surface area contributed by atoms with Crippen molar-refractivity contribution < 1.29 is 9.47 Å². The first-order chi connectivity index (χ1) is 9.13. The average molecular weight is 304 g/mol. The van der Waals surface area contributed by atoms with Crippen molar-refractivity contribution in [3.8, 4) is 5.75 Å². The molecule has 2 rings (SSSR count). The normalized spacial score (nSPS) is 23.4. The largest absolute Gasteiger partial charge is 0.488 e. The minimum atomic E-state index is 0.127. The molecule has 0 bridgehead atoms. The Morgan fingerprint density at radius 1 is 1.26 bits per heavy atom. The molecule has 106 valence electrons. The predicted octanol–water partition coefficient (Wildman–Crippen LogP) is 3.79. The average Bonchev–Trinajstić information content (AvgIpc) is 2.41. The van der Waals surface area contributed by atoms with E-state index in [4.69, 9.17) is 38.4 Å². The molecule has 0 aromatic heterocycles. The van der Waals surface area contributed by atoms with Gasteiger partial charge in [0.15, 0.2) is 0 Å². The predicted molar refractivity (Wildman–Crippen MR) is 78.0 cm³/mol. The van der Waals surface area contributed by atoms with Crippen LogP contribution >= 0.6 is 23.2 Å². The fourth-order valence-corrected chi connectivity index (χ4v) is 3.07. The summed E-state index contributed by atoms with van der Waals surface area (Å²) in [5.74, 6) is 0.662. The van der Waals surface area contributed by atoms with Gasteiger partial charge in [0, 0.05) is 30.7 Å². The van der Waals surface area contributed by atoms with Crippen LogP contribution in [0.5, 0.6) is 5.75 Å². The second-order valence-corrected chi connectivity index (χ2v) is 5.69. The molecule has 0 radical (unpaired) electrons. The van der Waals surface area contributed by atoms with Crippen LogP contribution in [0.3, 0.4) is 0 Å². The lowest BCUT2D eigenvalue weighted by molar-refractivity contribution is 0.0207. The fourth-order valence-electron chi connectivity index (χ4n) is 2.49. The van der Waals surface area contributed by atoms with E-state index >= 15 is 0 Å². The van der Waals surface area contributed by atoms with Crippen LogP contribution in [0.15, 0.2) is 12.1 Å². The molecule has 2 N–H and O–H groups in total. The molecular formula is C14H19Cl2NO2. The minimum absolute atomic E-state index is 0.127. The first-order valence-corrected chi connectivity index (χ1v) is 7.27. The second-order valence-electron chi connectivity index (χ2n) is 4.84. The summed E-state index contributed by atoms with van der Waals surface area (Å²) in [6.07, 6.45) is 4.50. The summed E-state index contributed by atoms with van der Waals surface area (Å²) < 4.78 is 11.5. The number of ether oxygens (including phenoxy) is 2. The molecule has 1 aliphatic rings. The maximum Gasteiger partial charge on any atom is 0.142 e. The molecule has 0 heterocycles. The van der Waals surface area contributed by atoms with Gasteiger partial charge in [0.1, 0.15) is 11.9 Å². The van der Waals surface area contributed by atoms with E-state index in [9.17, 15) is 0 Å². The SMILES string of the molecule is COC1CCCC(Oc2c(Cl)cc(Cl)cc2CN)C1. The first kappa shape index (κ1) is 14.9. The second kappa shape index (κ2) is 6.80. The van der Waals surface area contributed by atoms with Gasteiger partial charge < -0.3 is 15.2 Å². The molecule has 2 unspecified atom stereocenters. The van der Waals surface area contributed by atoms with E-state index in [1.807, 2.05) is 0 Å². The molecule has 19 heavy (non-hydrogen) atoms. The summed E-state index contributed by atoms with van der Waals surface area (Å²) >= 11 is 12.2. The molecule has 1 aromatic carbocycles. The van der Waals surface area contributed by atoms with Crippen LogP contribution in [0.2, 0.25) is 10.0 Å². The third-order valence-corrected chi connectivity index (χ3v) is 4.00. The van der Waals surface area contributed by atoms with Gasteiger partial charge in [0.2, 0.25) is 0 Å². The van der Waals surface area contributed by atoms with Crippen LogP contribution in [-0.4, -0.2) is 19.3 Å². The summed E-state index contributed by atoms with van der Waals surface area (Å²) in [6.45, 7) is 0.357. The van der Waals surface area contributed by atoms with E-state index in [0.717, 1.165) is 31.2 Å². The van der Waals surface area contributed by atoms with Gasteiger partial charge in [0.25, 0.3) is 0 Å². The van der Waals surface area contributed by atoms with Crippen molar-refractivity contribution in [3.63, 3.8) is 0 Å². The Morgan fingerprint density at radius 3 is 2.68 bits per heavy atom. The Hall–Kier alpha value is -0.480. The molecule has 0 amide bonds. The van der Waals surface area contributed by atoms with Crippen LogP contribution in [0.25, 0.3) is 0 Å². The molecule has 2 atom stereocenters. The van der Waals surface area contributed by atoms with Crippen molar-refractivity contribution in [2.45, 2.75) is 44.4 Å². The molecule has 5 heteroatoms. The van der Waals surface area contributed by atoms with Gasteiger partial charge in [-0.25, -0.2) is 0 Å². The highest BCUT2D eigenvalue weighted by atomic mass is 35.5. The zero-order chi connectivity index (χ0) is 13.8. The molecule has 1 aromatic rings. The van der Waals surface area contributed by atoms with E-state index < -0.39 is 0 Å². The maximum atomic E-state index is 6.21. The van der Waals surface area contributed by atoms with Crippen LogP contribution in [0.4, 0.5) is 0 Å². The highest BCUT2D eigenvalue weighted by molar-refractivity contribution is 6.35. The summed E-state index contributed by atoms with van der Waals surface area (Å²) in [7, 11) is 1.74. The number of methoxy groups -OCH3 is 1. The zero-order valence-corrected chi connectivity index (χ0v) is 12.5. The summed E-state index contributed by atoms with van der Waals surface area (Å²) in [5, 5.41) is 1.10. The van der Waals surface area contributed by atoms with Gasteiger partial charge in [-0.1, -0.05) is 23.2 Å². The first-order valence-electron chi connectivity index (χ1n) is 6.51. The van der Waals surface area contributed by atoms with Gasteiger partial charge in [-0.3, -0.25) is 0 Å². The van der Waals surface area contributed by atoms with E-state index in [1.165, 1.54) is 0 Å². The Bertz CT molecular complexity index is 440. The van der Waals surface area contributed by atoms with Crippen LogP contribution < -0.4 is 10.5 Å². The highest BCUT2D eigenvalue weighted by Crippen LogP contribution is 2.35. The van der Waals surface area contributed by atoms with Gasteiger partial charge in [-0.15, -0.1) is 0 Å². The van der Waals surface area contributed by atoms with Gasteiger partial charge in [0.05, 0.1) is 11.1 Å². The lowest BCUT2D eigenvalue weighted by Crippen LogP contribution is -2.30. The monoisotopic (exact) mass is 303 g/mol. The Balaban J connectivity index is 2.14. The maximum absolute atomic E-state index is 6.21. The number of hydrogen-bond donors (Lipinski definition) is 1.